The van der Waals surface area contributed by atoms with Crippen molar-refractivity contribution in [2.45, 2.75) is 38.4 Å². The van der Waals surface area contributed by atoms with Gasteiger partial charge < -0.3 is 26.0 Å². The maximum absolute atomic E-state index is 14.1. The van der Waals surface area contributed by atoms with Gasteiger partial charge in [0.05, 0.1) is 24.8 Å². The average Bonchev–Trinajstić information content (AvgIpc) is 3.46. The van der Waals surface area contributed by atoms with Crippen LogP contribution in [-0.2, 0) is 11.3 Å². The monoisotopic (exact) mass is 546 g/mol. The predicted molar refractivity (Wildman–Crippen MR) is 148 cm³/mol. The Labute approximate surface area is 231 Å². The summed E-state index contributed by atoms with van der Waals surface area (Å²) >= 11 is 0. The zero-order valence-electron chi connectivity index (χ0n) is 22.5. The van der Waals surface area contributed by atoms with Gasteiger partial charge in [0.15, 0.2) is 23.1 Å². The number of hydrogen-bond donors (Lipinski definition) is 2. The van der Waals surface area contributed by atoms with Crippen molar-refractivity contribution in [1.29, 1.82) is 0 Å². The maximum Gasteiger partial charge on any atom is 0.259 e. The summed E-state index contributed by atoms with van der Waals surface area (Å²) in [4.78, 5) is 44.6. The highest BCUT2D eigenvalue weighted by Crippen LogP contribution is 2.39. The van der Waals surface area contributed by atoms with E-state index in [-0.39, 0.29) is 54.0 Å². The highest BCUT2D eigenvalue weighted by atomic mass is 19.1. The van der Waals surface area contributed by atoms with Crippen LogP contribution in [0.5, 0.6) is 11.5 Å². The minimum atomic E-state index is -1.06. The number of benzene rings is 2. The van der Waals surface area contributed by atoms with Crippen LogP contribution in [0.3, 0.4) is 0 Å². The summed E-state index contributed by atoms with van der Waals surface area (Å²) < 4.78 is 20.3. The molecule has 0 bridgehead atoms. The number of guanidine groups is 1. The summed E-state index contributed by atoms with van der Waals surface area (Å²) in [6.45, 7) is 4.69. The van der Waals surface area contributed by atoms with Crippen molar-refractivity contribution in [2.75, 3.05) is 30.8 Å². The largest absolute Gasteiger partial charge is 0.451 e. The van der Waals surface area contributed by atoms with Crippen LogP contribution in [0.1, 0.15) is 36.2 Å². The fourth-order valence-electron chi connectivity index (χ4n) is 4.80. The number of carbonyl (C=O) groups excluding carboxylic acids is 2. The normalized spacial score (nSPS) is 18.5. The molecule has 11 nitrogen and oxygen atoms in total. The van der Waals surface area contributed by atoms with Crippen molar-refractivity contribution in [1.82, 2.24) is 19.8 Å². The Balaban J connectivity index is 1.38. The molecule has 4 N–H and O–H groups in total. The number of halogens is 1. The lowest BCUT2D eigenvalue weighted by atomic mass is 9.99. The van der Waals surface area contributed by atoms with Gasteiger partial charge >= 0.3 is 0 Å². The molecule has 3 heterocycles. The van der Waals surface area contributed by atoms with Gasteiger partial charge in [-0.15, -0.1) is 0 Å². The molecule has 1 aromatic heterocycles. The van der Waals surface area contributed by atoms with E-state index in [2.05, 4.69) is 15.0 Å². The van der Waals surface area contributed by atoms with Crippen molar-refractivity contribution in [3.8, 4) is 11.5 Å². The number of amides is 2. The molecule has 0 radical (unpaired) electrons. The summed E-state index contributed by atoms with van der Waals surface area (Å²) in [6, 6.07) is 10.9. The molecule has 1 fully saturated rings. The predicted octanol–water partition coefficient (Wildman–Crippen LogP) is 2.78. The molecule has 12 heteroatoms. The van der Waals surface area contributed by atoms with Gasteiger partial charge in [-0.05, 0) is 49.7 Å². The molecule has 1 saturated heterocycles. The molecule has 208 valence electrons. The van der Waals surface area contributed by atoms with E-state index >= 15 is 0 Å². The number of aromatic nitrogens is 2. The standard InChI is InChI=1S/C28H31FN8O3/c1-17(2)35(3)25(38)21-12-19(29)6-9-22(21)40-23-13-32-16-33-24(23)36-11-10-28(15-36)26(39)37(27(31)34-28)14-18-4-7-20(30)8-5-18/h4-9,12-13,16-17H,10-11,14-15,30H2,1-3H3,(H2,31,34). The van der Waals surface area contributed by atoms with Crippen LogP contribution in [0.25, 0.3) is 0 Å². The number of nitrogen functional groups attached to an aromatic ring is 1. The minimum absolute atomic E-state index is 0.0746. The molecule has 0 saturated carbocycles. The number of carbonyl (C=O) groups is 2. The maximum atomic E-state index is 14.1. The molecule has 3 aromatic rings. The Hall–Kier alpha value is -4.74. The molecule has 2 aliphatic heterocycles. The molecule has 0 aliphatic carbocycles. The van der Waals surface area contributed by atoms with Crippen LogP contribution >= 0.6 is 0 Å². The fraction of sp³-hybridized carbons (Fsp3) is 0.321. The summed E-state index contributed by atoms with van der Waals surface area (Å²) in [5, 5.41) is 0. The number of rotatable bonds is 7. The number of ether oxygens (including phenoxy) is 1. The van der Waals surface area contributed by atoms with E-state index in [1.165, 1.54) is 34.5 Å². The lowest BCUT2D eigenvalue weighted by Crippen LogP contribution is -2.45. The summed E-state index contributed by atoms with van der Waals surface area (Å²) in [7, 11) is 1.64. The van der Waals surface area contributed by atoms with Crippen molar-refractivity contribution in [2.24, 2.45) is 10.7 Å². The molecule has 1 spiro atoms. The molecule has 2 aromatic carbocycles. The Kier molecular flexibility index (Phi) is 7.01. The smallest absolute Gasteiger partial charge is 0.259 e. The Morgan fingerprint density at radius 3 is 2.65 bits per heavy atom. The lowest BCUT2D eigenvalue weighted by Gasteiger charge is -2.25. The van der Waals surface area contributed by atoms with Crippen molar-refractivity contribution in [3.63, 3.8) is 0 Å². The van der Waals surface area contributed by atoms with Crippen LogP contribution in [0, 0.1) is 5.82 Å². The Morgan fingerprint density at radius 1 is 1.18 bits per heavy atom. The van der Waals surface area contributed by atoms with Crippen molar-refractivity contribution >= 4 is 29.3 Å². The quantitative estimate of drug-likeness (QED) is 0.431. The first kappa shape index (κ1) is 26.9. The highest BCUT2D eigenvalue weighted by molar-refractivity contribution is 6.07. The first-order chi connectivity index (χ1) is 19.1. The average molecular weight is 547 g/mol. The van der Waals surface area contributed by atoms with E-state index in [1.54, 1.807) is 19.2 Å². The van der Waals surface area contributed by atoms with Crippen LogP contribution in [0.4, 0.5) is 15.9 Å². The third kappa shape index (κ3) is 4.99. The van der Waals surface area contributed by atoms with Crippen LogP contribution in [0.15, 0.2) is 60.0 Å². The third-order valence-electron chi connectivity index (χ3n) is 7.26. The van der Waals surface area contributed by atoms with Crippen LogP contribution in [0.2, 0.25) is 0 Å². The van der Waals surface area contributed by atoms with E-state index < -0.39 is 11.4 Å². The van der Waals surface area contributed by atoms with Gasteiger partial charge in [0.25, 0.3) is 11.8 Å². The van der Waals surface area contributed by atoms with Gasteiger partial charge in [0, 0.05) is 31.7 Å². The number of nitrogens with zero attached hydrogens (tertiary/aromatic N) is 6. The summed E-state index contributed by atoms with van der Waals surface area (Å²) in [6.07, 6.45) is 3.27. The zero-order valence-corrected chi connectivity index (χ0v) is 22.5. The third-order valence-corrected chi connectivity index (χ3v) is 7.26. The van der Waals surface area contributed by atoms with E-state index in [1.807, 2.05) is 30.9 Å². The molecule has 1 atom stereocenters. The summed E-state index contributed by atoms with van der Waals surface area (Å²) in [5.41, 5.74) is 12.5. The molecule has 1 unspecified atom stereocenters. The van der Waals surface area contributed by atoms with Gasteiger partial charge in [-0.25, -0.2) is 19.4 Å². The molecule has 2 amide bonds. The Morgan fingerprint density at radius 2 is 1.93 bits per heavy atom. The highest BCUT2D eigenvalue weighted by Gasteiger charge is 2.52. The topological polar surface area (TPSA) is 143 Å². The number of anilines is 2. The zero-order chi connectivity index (χ0) is 28.6. The van der Waals surface area contributed by atoms with Crippen LogP contribution in [-0.4, -0.2) is 69.3 Å². The Bertz CT molecular complexity index is 1480. The number of aliphatic imine (C=N–C) groups is 1. The van der Waals surface area contributed by atoms with E-state index in [0.717, 1.165) is 11.6 Å². The van der Waals surface area contributed by atoms with Gasteiger partial charge in [-0.1, -0.05) is 12.1 Å². The van der Waals surface area contributed by atoms with E-state index in [9.17, 15) is 14.0 Å². The first-order valence-electron chi connectivity index (χ1n) is 12.9. The summed E-state index contributed by atoms with van der Waals surface area (Å²) in [5.74, 6) is -0.129. The number of nitrogens with two attached hydrogens (primary N) is 2. The van der Waals surface area contributed by atoms with Gasteiger partial charge in [0.1, 0.15) is 17.9 Å². The molecular formula is C28H31FN8O3. The van der Waals surface area contributed by atoms with Gasteiger partial charge in [-0.2, -0.15) is 0 Å². The van der Waals surface area contributed by atoms with Gasteiger partial charge in [-0.3, -0.25) is 14.5 Å². The second-order valence-corrected chi connectivity index (χ2v) is 10.3. The molecular weight excluding hydrogens is 515 g/mol. The van der Waals surface area contributed by atoms with Crippen LogP contribution < -0.4 is 21.1 Å². The van der Waals surface area contributed by atoms with Gasteiger partial charge in [0.2, 0.25) is 0 Å². The fourth-order valence-corrected chi connectivity index (χ4v) is 4.80. The second-order valence-electron chi connectivity index (χ2n) is 10.3. The SMILES string of the molecule is CC(C)N(C)C(=O)c1cc(F)ccc1Oc1cncnc1N1CCC2(C1)N=C(N)N(Cc1ccc(N)cc1)C2=O. The van der Waals surface area contributed by atoms with Crippen molar-refractivity contribution in [3.05, 3.63) is 71.9 Å². The van der Waals surface area contributed by atoms with E-state index in [0.29, 0.717) is 24.5 Å². The second kappa shape index (κ2) is 10.4. The molecule has 5 rings (SSSR count). The lowest BCUT2D eigenvalue weighted by molar-refractivity contribution is -0.130. The number of hydrogen-bond acceptors (Lipinski definition) is 9. The van der Waals surface area contributed by atoms with E-state index in [4.69, 9.17) is 16.2 Å². The minimum Gasteiger partial charge on any atom is -0.451 e. The first-order valence-corrected chi connectivity index (χ1v) is 12.9. The molecule has 40 heavy (non-hydrogen) atoms. The molecule has 2 aliphatic rings. The van der Waals surface area contributed by atoms with Crippen molar-refractivity contribution < 1.29 is 18.7 Å².